The topological polar surface area (TPSA) is 62.4 Å². The third-order valence-electron chi connectivity index (χ3n) is 2.86. The lowest BCUT2D eigenvalue weighted by Gasteiger charge is -2.17. The number of rotatable bonds is 5. The van der Waals surface area contributed by atoms with Gasteiger partial charge in [-0.05, 0) is 18.2 Å². The maximum absolute atomic E-state index is 13.0. The van der Waals surface area contributed by atoms with Gasteiger partial charge < -0.3 is 14.6 Å². The summed E-state index contributed by atoms with van der Waals surface area (Å²) in [5, 5.41) is 0. The Balaban J connectivity index is 1.88. The molecule has 6 heteroatoms. The van der Waals surface area contributed by atoms with Crippen molar-refractivity contribution in [3.05, 3.63) is 64.3 Å². The molecule has 0 aliphatic heterocycles. The zero-order valence-electron chi connectivity index (χ0n) is 11.5. The molecule has 2 aromatic rings. The smallest absolute Gasteiger partial charge is 0.253 e. The van der Waals surface area contributed by atoms with Crippen molar-refractivity contribution >= 4 is 5.91 Å². The average Bonchev–Trinajstić information content (AvgIpc) is 2.46. The maximum atomic E-state index is 13.0. The first kappa shape index (κ1) is 14.8. The molecule has 1 aromatic heterocycles. The number of carbonyl (C=O) groups is 1. The molecule has 2 rings (SSSR count). The molecular formula is C15H15FN2O3. The van der Waals surface area contributed by atoms with Gasteiger partial charge in [0, 0.05) is 30.9 Å². The number of carbonyl (C=O) groups excluding carboxylic acids is 1. The first-order valence-electron chi connectivity index (χ1n) is 6.39. The van der Waals surface area contributed by atoms with Crippen molar-refractivity contribution < 1.29 is 13.9 Å². The second-order valence-electron chi connectivity index (χ2n) is 4.47. The molecule has 0 radical (unpaired) electrons. The third-order valence-corrected chi connectivity index (χ3v) is 2.86. The Hall–Kier alpha value is -2.63. The van der Waals surface area contributed by atoms with Crippen molar-refractivity contribution in [3.8, 4) is 5.75 Å². The Morgan fingerprint density at radius 3 is 2.86 bits per heavy atom. The van der Waals surface area contributed by atoms with E-state index >= 15 is 0 Å². The lowest BCUT2D eigenvalue weighted by atomic mass is 10.2. The molecule has 1 amide bonds. The van der Waals surface area contributed by atoms with E-state index in [4.69, 9.17) is 4.74 Å². The molecule has 5 nitrogen and oxygen atoms in total. The van der Waals surface area contributed by atoms with Crippen LogP contribution in [0.4, 0.5) is 4.39 Å². The fourth-order valence-electron chi connectivity index (χ4n) is 1.76. The van der Waals surface area contributed by atoms with E-state index < -0.39 is 0 Å². The van der Waals surface area contributed by atoms with E-state index in [0.29, 0.717) is 17.9 Å². The molecule has 0 aliphatic carbocycles. The van der Waals surface area contributed by atoms with Crippen LogP contribution in [0, 0.1) is 5.82 Å². The average molecular weight is 290 g/mol. The summed E-state index contributed by atoms with van der Waals surface area (Å²) in [6.45, 7) is 0.553. The highest BCUT2D eigenvalue weighted by Crippen LogP contribution is 2.11. The number of pyridine rings is 1. The molecule has 0 fully saturated rings. The van der Waals surface area contributed by atoms with Crippen molar-refractivity contribution in [2.24, 2.45) is 0 Å². The highest BCUT2D eigenvalue weighted by molar-refractivity contribution is 5.93. The van der Waals surface area contributed by atoms with Gasteiger partial charge >= 0.3 is 0 Å². The van der Waals surface area contributed by atoms with Crippen molar-refractivity contribution in [2.75, 3.05) is 20.2 Å². The Bertz CT molecular complexity index is 684. The Labute approximate surface area is 121 Å². The molecule has 21 heavy (non-hydrogen) atoms. The Kier molecular flexibility index (Phi) is 4.71. The van der Waals surface area contributed by atoms with Crippen molar-refractivity contribution in [1.82, 2.24) is 9.88 Å². The van der Waals surface area contributed by atoms with Gasteiger partial charge in [0.15, 0.2) is 0 Å². The summed E-state index contributed by atoms with van der Waals surface area (Å²) >= 11 is 0. The van der Waals surface area contributed by atoms with E-state index in [2.05, 4.69) is 4.98 Å². The van der Waals surface area contributed by atoms with Crippen molar-refractivity contribution in [1.29, 1.82) is 0 Å². The number of ether oxygens (including phenoxy) is 1. The minimum Gasteiger partial charge on any atom is -0.492 e. The molecule has 1 N–H and O–H groups in total. The van der Waals surface area contributed by atoms with Gasteiger partial charge in [0.05, 0.1) is 6.54 Å². The highest BCUT2D eigenvalue weighted by atomic mass is 19.1. The summed E-state index contributed by atoms with van der Waals surface area (Å²) in [6, 6.07) is 8.57. The summed E-state index contributed by atoms with van der Waals surface area (Å²) < 4.78 is 18.3. The fourth-order valence-corrected chi connectivity index (χ4v) is 1.76. The van der Waals surface area contributed by atoms with E-state index in [1.807, 2.05) is 0 Å². The number of aromatic amines is 1. The van der Waals surface area contributed by atoms with Gasteiger partial charge in [-0.1, -0.05) is 6.07 Å². The maximum Gasteiger partial charge on any atom is 0.253 e. The number of nitrogens with one attached hydrogen (secondary N) is 1. The van der Waals surface area contributed by atoms with Gasteiger partial charge in [0.1, 0.15) is 18.2 Å². The molecule has 0 spiro atoms. The molecule has 0 saturated carbocycles. The zero-order valence-corrected chi connectivity index (χ0v) is 11.5. The van der Waals surface area contributed by atoms with E-state index in [1.54, 1.807) is 19.2 Å². The molecule has 0 atom stereocenters. The molecule has 0 saturated heterocycles. The molecule has 0 aliphatic rings. The largest absolute Gasteiger partial charge is 0.492 e. The van der Waals surface area contributed by atoms with Crippen LogP contribution in [0.2, 0.25) is 0 Å². The van der Waals surface area contributed by atoms with Crippen LogP contribution in [-0.4, -0.2) is 36.0 Å². The van der Waals surface area contributed by atoms with Crippen LogP contribution < -0.4 is 10.3 Å². The minimum atomic E-state index is -0.375. The quantitative estimate of drug-likeness (QED) is 0.911. The first-order valence-corrected chi connectivity index (χ1v) is 6.39. The van der Waals surface area contributed by atoms with E-state index in [1.165, 1.54) is 35.4 Å². The van der Waals surface area contributed by atoms with E-state index in [0.717, 1.165) is 0 Å². The number of amides is 1. The standard InChI is InChI=1S/C15H15FN2O3/c1-18(15(20)11-5-6-17-14(19)9-11)7-8-21-13-4-2-3-12(16)10-13/h2-6,9-10H,7-8H2,1H3,(H,17,19). The molecule has 1 heterocycles. The predicted octanol–water partition coefficient (Wildman–Crippen LogP) is 1.66. The van der Waals surface area contributed by atoms with Crippen LogP contribution in [0.3, 0.4) is 0 Å². The molecule has 0 unspecified atom stereocenters. The fraction of sp³-hybridized carbons (Fsp3) is 0.200. The second-order valence-corrected chi connectivity index (χ2v) is 4.47. The third kappa shape index (κ3) is 4.17. The number of nitrogens with zero attached hydrogens (tertiary/aromatic N) is 1. The highest BCUT2D eigenvalue weighted by Gasteiger charge is 2.11. The van der Waals surface area contributed by atoms with Crippen LogP contribution in [0.5, 0.6) is 5.75 Å². The van der Waals surface area contributed by atoms with E-state index in [9.17, 15) is 14.0 Å². The summed E-state index contributed by atoms with van der Waals surface area (Å²) in [7, 11) is 1.61. The van der Waals surface area contributed by atoms with Gasteiger partial charge in [0.2, 0.25) is 5.56 Å². The lowest BCUT2D eigenvalue weighted by Crippen LogP contribution is -2.31. The lowest BCUT2D eigenvalue weighted by molar-refractivity contribution is 0.0773. The normalized spacial score (nSPS) is 10.2. The van der Waals surface area contributed by atoms with Gasteiger partial charge in [-0.3, -0.25) is 9.59 Å². The van der Waals surface area contributed by atoms with Gasteiger partial charge in [-0.15, -0.1) is 0 Å². The number of halogens is 1. The Morgan fingerprint density at radius 1 is 1.33 bits per heavy atom. The van der Waals surface area contributed by atoms with Crippen molar-refractivity contribution in [3.63, 3.8) is 0 Å². The molecule has 0 bridgehead atoms. The first-order chi connectivity index (χ1) is 10.1. The van der Waals surface area contributed by atoms with Crippen LogP contribution in [-0.2, 0) is 0 Å². The van der Waals surface area contributed by atoms with Gasteiger partial charge in [-0.25, -0.2) is 4.39 Å². The molecular weight excluding hydrogens is 275 g/mol. The SMILES string of the molecule is CN(CCOc1cccc(F)c1)C(=O)c1cc[nH]c(=O)c1. The summed E-state index contributed by atoms with van der Waals surface area (Å²) in [4.78, 5) is 27.1. The number of hydrogen-bond acceptors (Lipinski definition) is 3. The minimum absolute atomic E-state index is 0.231. The number of H-pyrrole nitrogens is 1. The van der Waals surface area contributed by atoms with Crippen molar-refractivity contribution in [2.45, 2.75) is 0 Å². The van der Waals surface area contributed by atoms with Gasteiger partial charge in [-0.2, -0.15) is 0 Å². The number of aromatic nitrogens is 1. The summed E-state index contributed by atoms with van der Waals surface area (Å²) in [5.41, 5.74) is -0.0164. The number of hydrogen-bond donors (Lipinski definition) is 1. The summed E-state index contributed by atoms with van der Waals surface area (Å²) in [5.74, 6) is -0.239. The van der Waals surface area contributed by atoms with Gasteiger partial charge in [0.25, 0.3) is 5.91 Å². The van der Waals surface area contributed by atoms with Crippen LogP contribution >= 0.6 is 0 Å². The second kappa shape index (κ2) is 6.69. The zero-order chi connectivity index (χ0) is 15.2. The summed E-state index contributed by atoms with van der Waals surface area (Å²) in [6.07, 6.45) is 1.42. The Morgan fingerprint density at radius 2 is 2.14 bits per heavy atom. The van der Waals surface area contributed by atoms with Crippen LogP contribution in [0.15, 0.2) is 47.4 Å². The number of likely N-dealkylation sites (N-methyl/N-ethyl adjacent to an activating group) is 1. The van der Waals surface area contributed by atoms with Crippen LogP contribution in [0.25, 0.3) is 0 Å². The van der Waals surface area contributed by atoms with Crippen LogP contribution in [0.1, 0.15) is 10.4 Å². The molecule has 110 valence electrons. The molecule has 1 aromatic carbocycles. The predicted molar refractivity (Wildman–Crippen MR) is 75.9 cm³/mol. The van der Waals surface area contributed by atoms with E-state index in [-0.39, 0.29) is 23.9 Å². The number of benzene rings is 1. The monoisotopic (exact) mass is 290 g/mol.